The molecule has 10 heteroatoms. The summed E-state index contributed by atoms with van der Waals surface area (Å²) in [5, 5.41) is 0. The van der Waals surface area contributed by atoms with Gasteiger partial charge in [0, 0.05) is 0 Å². The van der Waals surface area contributed by atoms with E-state index in [-0.39, 0.29) is 16.8 Å². The Labute approximate surface area is 231 Å². The number of methoxy groups -OCH3 is 1. The van der Waals surface area contributed by atoms with E-state index in [0.29, 0.717) is 5.56 Å². The van der Waals surface area contributed by atoms with Crippen molar-refractivity contribution in [1.82, 2.24) is 0 Å². The Morgan fingerprint density at radius 3 is 1.41 bits per heavy atom. The van der Waals surface area contributed by atoms with E-state index in [1.807, 2.05) is 24.3 Å². The van der Waals surface area contributed by atoms with E-state index in [1.165, 1.54) is 28.0 Å². The summed E-state index contributed by atoms with van der Waals surface area (Å²) >= 11 is 0. The Hall–Kier alpha value is -2.82. The SMILES string of the molecule is COC(=O)c1ccccc1[S+](c1ccc(C(C)(C)C)cc1)c1ccc(C(C)(C)C)cc1.O=S(=O)([O-])C(F)(F)F. The second-order valence-electron chi connectivity index (χ2n) is 10.7. The Morgan fingerprint density at radius 2 is 1.10 bits per heavy atom. The number of rotatable bonds is 4. The highest BCUT2D eigenvalue weighted by atomic mass is 32.2. The third kappa shape index (κ3) is 8.58. The third-order valence-electron chi connectivity index (χ3n) is 5.71. The number of halogens is 3. The molecule has 0 N–H and O–H groups in total. The van der Waals surface area contributed by atoms with Gasteiger partial charge >= 0.3 is 11.5 Å². The van der Waals surface area contributed by atoms with E-state index < -0.39 is 26.5 Å². The smallest absolute Gasteiger partial charge is 0.485 e. The molecule has 0 saturated heterocycles. The van der Waals surface area contributed by atoms with Gasteiger partial charge in [-0.15, -0.1) is 0 Å². The third-order valence-corrected chi connectivity index (χ3v) is 8.56. The normalized spacial score (nSPS) is 12.5. The van der Waals surface area contributed by atoms with E-state index in [2.05, 4.69) is 90.1 Å². The van der Waals surface area contributed by atoms with E-state index in [1.54, 1.807) is 0 Å². The Kier molecular flexibility index (Phi) is 10.1. The van der Waals surface area contributed by atoms with Crippen molar-refractivity contribution in [2.45, 2.75) is 72.6 Å². The fourth-order valence-corrected chi connectivity index (χ4v) is 5.68. The van der Waals surface area contributed by atoms with Gasteiger partial charge in [0.25, 0.3) is 0 Å². The maximum Gasteiger partial charge on any atom is 0.485 e. The number of carbonyl (C=O) groups excluding carboxylic acids is 1. The van der Waals surface area contributed by atoms with Crippen LogP contribution in [0.1, 0.15) is 63.0 Å². The Morgan fingerprint density at radius 1 is 0.744 bits per heavy atom. The van der Waals surface area contributed by atoms with Crippen LogP contribution in [0.4, 0.5) is 13.2 Å². The molecule has 0 radical (unpaired) electrons. The minimum atomic E-state index is -6.09. The molecule has 0 aliphatic rings. The van der Waals surface area contributed by atoms with Crippen LogP contribution < -0.4 is 0 Å². The van der Waals surface area contributed by atoms with Gasteiger partial charge in [0.15, 0.2) is 24.8 Å². The lowest BCUT2D eigenvalue weighted by Crippen LogP contribution is -2.21. The molecule has 0 aliphatic carbocycles. The lowest BCUT2D eigenvalue weighted by atomic mass is 9.87. The lowest BCUT2D eigenvalue weighted by Gasteiger charge is -2.20. The highest BCUT2D eigenvalue weighted by Crippen LogP contribution is 2.36. The topological polar surface area (TPSA) is 83.5 Å². The molecular formula is C29H33F3O5S2. The molecule has 0 bridgehead atoms. The van der Waals surface area contributed by atoms with Crippen LogP contribution in [0.2, 0.25) is 0 Å². The summed E-state index contributed by atoms with van der Waals surface area (Å²) in [5.74, 6) is -0.300. The summed E-state index contributed by atoms with van der Waals surface area (Å²) in [4.78, 5) is 15.9. The first kappa shape index (κ1) is 32.4. The number of hydrogen-bond acceptors (Lipinski definition) is 5. The summed E-state index contributed by atoms with van der Waals surface area (Å²) < 4.78 is 64.0. The molecule has 3 aromatic carbocycles. The lowest BCUT2D eigenvalue weighted by molar-refractivity contribution is -0.0517. The van der Waals surface area contributed by atoms with E-state index in [4.69, 9.17) is 17.7 Å². The standard InChI is InChI=1S/C28H33O2S.CHF3O3S/c1-27(2,3)20-12-16-22(17-13-20)31(23-18-14-21(15-19-23)28(4,5)6)25-11-9-8-10-24(25)26(29)30-7;2-1(3,4)8(5,6)7/h8-19H,1-7H3;(H,5,6,7)/q+1;/p-1. The molecule has 0 aliphatic heterocycles. The van der Waals surface area contributed by atoms with Crippen molar-refractivity contribution in [2.24, 2.45) is 0 Å². The molecule has 39 heavy (non-hydrogen) atoms. The van der Waals surface area contributed by atoms with Gasteiger partial charge in [0.1, 0.15) is 16.5 Å². The molecule has 0 amide bonds. The Balaban J connectivity index is 0.000000580. The average molecular weight is 583 g/mol. The quantitative estimate of drug-likeness (QED) is 0.140. The highest BCUT2D eigenvalue weighted by molar-refractivity contribution is 7.97. The van der Waals surface area contributed by atoms with Gasteiger partial charge in [-0.05, 0) is 58.4 Å². The van der Waals surface area contributed by atoms with Crippen LogP contribution in [0.25, 0.3) is 0 Å². The largest absolute Gasteiger partial charge is 0.741 e. The van der Waals surface area contributed by atoms with Gasteiger partial charge < -0.3 is 9.29 Å². The molecule has 0 spiro atoms. The molecule has 0 heterocycles. The molecule has 5 nitrogen and oxygen atoms in total. The van der Waals surface area contributed by atoms with Gasteiger partial charge in [-0.3, -0.25) is 0 Å². The van der Waals surface area contributed by atoms with Crippen LogP contribution in [-0.4, -0.2) is 31.6 Å². The number of esters is 1. The van der Waals surface area contributed by atoms with Crippen molar-refractivity contribution in [3.05, 3.63) is 89.5 Å². The summed E-state index contributed by atoms with van der Waals surface area (Å²) in [6.07, 6.45) is 0. The number of ether oxygens (including phenoxy) is 1. The van der Waals surface area contributed by atoms with Crippen molar-refractivity contribution in [3.63, 3.8) is 0 Å². The van der Waals surface area contributed by atoms with Crippen LogP contribution in [0.15, 0.2) is 87.5 Å². The second kappa shape index (κ2) is 12.1. The van der Waals surface area contributed by atoms with Crippen molar-refractivity contribution in [1.29, 1.82) is 0 Å². The van der Waals surface area contributed by atoms with Crippen molar-refractivity contribution < 1.29 is 35.7 Å². The summed E-state index contributed by atoms with van der Waals surface area (Å²) in [6, 6.07) is 25.4. The zero-order valence-electron chi connectivity index (χ0n) is 22.9. The first-order valence-electron chi connectivity index (χ1n) is 11.9. The molecule has 0 unspecified atom stereocenters. The predicted octanol–water partition coefficient (Wildman–Crippen LogP) is 7.22. The average Bonchev–Trinajstić information content (AvgIpc) is 2.83. The Bertz CT molecular complexity index is 1310. The monoisotopic (exact) mass is 582 g/mol. The maximum atomic E-state index is 12.6. The van der Waals surface area contributed by atoms with Crippen LogP contribution in [0.3, 0.4) is 0 Å². The van der Waals surface area contributed by atoms with Crippen molar-refractivity contribution in [3.8, 4) is 0 Å². The number of hydrogen-bond donors (Lipinski definition) is 0. The number of alkyl halides is 3. The summed E-state index contributed by atoms with van der Waals surface area (Å²) in [6.45, 7) is 13.3. The van der Waals surface area contributed by atoms with Crippen LogP contribution in [-0.2, 0) is 36.6 Å². The molecule has 0 atom stereocenters. The van der Waals surface area contributed by atoms with Gasteiger partial charge in [-0.2, -0.15) is 13.2 Å². The van der Waals surface area contributed by atoms with Gasteiger partial charge in [0.05, 0.1) is 7.11 Å². The zero-order valence-corrected chi connectivity index (χ0v) is 24.6. The van der Waals surface area contributed by atoms with E-state index in [0.717, 1.165) is 4.90 Å². The molecule has 0 fully saturated rings. The van der Waals surface area contributed by atoms with E-state index in [9.17, 15) is 18.0 Å². The second-order valence-corrected chi connectivity index (χ2v) is 14.1. The molecule has 3 aromatic rings. The summed E-state index contributed by atoms with van der Waals surface area (Å²) in [5.41, 5.74) is -2.25. The maximum absolute atomic E-state index is 12.6. The molecule has 212 valence electrons. The number of benzene rings is 3. The first-order chi connectivity index (χ1) is 17.8. The zero-order chi connectivity index (χ0) is 29.8. The van der Waals surface area contributed by atoms with Crippen LogP contribution in [0, 0.1) is 0 Å². The minimum absolute atomic E-state index is 0.0927. The van der Waals surface area contributed by atoms with Crippen molar-refractivity contribution in [2.75, 3.05) is 7.11 Å². The van der Waals surface area contributed by atoms with Gasteiger partial charge in [0.2, 0.25) is 0 Å². The van der Waals surface area contributed by atoms with Crippen LogP contribution in [0.5, 0.6) is 0 Å². The molecule has 0 saturated carbocycles. The predicted molar refractivity (Wildman–Crippen MR) is 146 cm³/mol. The first-order valence-corrected chi connectivity index (χ1v) is 14.6. The molecule has 3 rings (SSSR count). The van der Waals surface area contributed by atoms with Gasteiger partial charge in [-0.1, -0.05) is 77.9 Å². The minimum Gasteiger partial charge on any atom is -0.741 e. The van der Waals surface area contributed by atoms with Crippen molar-refractivity contribution >= 4 is 27.0 Å². The van der Waals surface area contributed by atoms with Gasteiger partial charge in [-0.25, -0.2) is 13.2 Å². The fraction of sp³-hybridized carbons (Fsp3) is 0.345. The van der Waals surface area contributed by atoms with E-state index >= 15 is 0 Å². The molecule has 0 aromatic heterocycles. The molecular weight excluding hydrogens is 549 g/mol. The highest BCUT2D eigenvalue weighted by Gasteiger charge is 2.37. The van der Waals surface area contributed by atoms with Crippen LogP contribution >= 0.6 is 0 Å². The fourth-order valence-electron chi connectivity index (χ4n) is 3.50. The number of carbonyl (C=O) groups is 1. The summed E-state index contributed by atoms with van der Waals surface area (Å²) in [7, 11) is -5.07.